The monoisotopic (exact) mass is 422 g/mol. The topological polar surface area (TPSA) is 42.0 Å². The summed E-state index contributed by atoms with van der Waals surface area (Å²) in [4.78, 5) is 16.8. The Kier molecular flexibility index (Phi) is 6.00. The highest BCUT2D eigenvalue weighted by Crippen LogP contribution is 2.26. The van der Waals surface area contributed by atoms with Crippen molar-refractivity contribution < 1.29 is 9.18 Å². The van der Waals surface area contributed by atoms with Gasteiger partial charge in [0.15, 0.2) is 0 Å². The largest absolute Gasteiger partial charge is 0.339 e. The summed E-state index contributed by atoms with van der Waals surface area (Å²) in [6, 6.07) is 12.0. The molecule has 7 heteroatoms. The Balaban J connectivity index is 2.00. The Bertz CT molecular complexity index is 993. The Morgan fingerprint density at radius 3 is 2.37 bits per heavy atom. The van der Waals surface area contributed by atoms with Gasteiger partial charge in [-0.25, -0.2) is 4.39 Å². The fourth-order valence-corrected chi connectivity index (χ4v) is 2.99. The van der Waals surface area contributed by atoms with Crippen molar-refractivity contribution in [3.8, 4) is 0 Å². The summed E-state index contributed by atoms with van der Waals surface area (Å²) >= 11 is 17.8. The molecular weight excluding hydrogens is 410 g/mol. The number of halogens is 4. The van der Waals surface area contributed by atoms with Crippen LogP contribution in [-0.2, 0) is 0 Å². The smallest absolute Gasteiger partial charge is 0.252 e. The molecule has 0 saturated carbocycles. The molecule has 0 fully saturated rings. The molecule has 2 aromatic carbocycles. The third kappa shape index (κ3) is 4.59. The minimum atomic E-state index is -0.817. The number of carbonyl (C=O) groups is 1. The predicted octanol–water partition coefficient (Wildman–Crippen LogP) is 6.01. The number of pyridine rings is 1. The molecule has 0 radical (unpaired) electrons. The van der Waals surface area contributed by atoms with Crippen molar-refractivity contribution in [2.75, 3.05) is 0 Å². The number of hydrogen-bond acceptors (Lipinski definition) is 2. The van der Waals surface area contributed by atoms with Gasteiger partial charge in [0.25, 0.3) is 5.91 Å². The SMILES string of the molecule is Cc1cc(C(=O)NC(c2ccc(Cl)cc2)c2ncc(Cl)cc2F)ccc1Cl. The molecule has 1 aromatic heterocycles. The van der Waals surface area contributed by atoms with Crippen LogP contribution in [0.2, 0.25) is 15.1 Å². The summed E-state index contributed by atoms with van der Waals surface area (Å²) in [5.41, 5.74) is 1.86. The van der Waals surface area contributed by atoms with Crippen LogP contribution in [0.15, 0.2) is 54.7 Å². The summed E-state index contributed by atoms with van der Waals surface area (Å²) in [6.07, 6.45) is 1.33. The molecule has 1 N–H and O–H groups in total. The fraction of sp³-hybridized carbons (Fsp3) is 0.100. The van der Waals surface area contributed by atoms with E-state index in [1.807, 2.05) is 0 Å². The predicted molar refractivity (Wildman–Crippen MR) is 106 cm³/mol. The normalized spacial score (nSPS) is 11.9. The van der Waals surface area contributed by atoms with Gasteiger partial charge >= 0.3 is 0 Å². The van der Waals surface area contributed by atoms with Gasteiger partial charge < -0.3 is 5.32 Å². The molecule has 3 nitrogen and oxygen atoms in total. The van der Waals surface area contributed by atoms with Crippen LogP contribution < -0.4 is 5.32 Å². The van der Waals surface area contributed by atoms with E-state index in [4.69, 9.17) is 34.8 Å². The molecule has 138 valence electrons. The third-order valence-corrected chi connectivity index (χ3v) is 4.89. The number of hydrogen-bond donors (Lipinski definition) is 1. The third-order valence-electron chi connectivity index (χ3n) is 4.01. The summed E-state index contributed by atoms with van der Waals surface area (Å²) in [7, 11) is 0. The van der Waals surface area contributed by atoms with Crippen LogP contribution in [0.25, 0.3) is 0 Å². The van der Waals surface area contributed by atoms with Gasteiger partial charge in [0.05, 0.1) is 11.1 Å². The van der Waals surface area contributed by atoms with Gasteiger partial charge in [0.2, 0.25) is 0 Å². The Hall–Kier alpha value is -2.14. The van der Waals surface area contributed by atoms with Crippen molar-refractivity contribution >= 4 is 40.7 Å². The zero-order chi connectivity index (χ0) is 19.6. The molecule has 1 atom stereocenters. The van der Waals surface area contributed by atoms with Crippen molar-refractivity contribution in [3.05, 3.63) is 98.0 Å². The highest BCUT2D eigenvalue weighted by molar-refractivity contribution is 6.31. The van der Waals surface area contributed by atoms with E-state index in [0.717, 1.165) is 11.6 Å². The van der Waals surface area contributed by atoms with Crippen molar-refractivity contribution in [3.63, 3.8) is 0 Å². The average molecular weight is 424 g/mol. The maximum Gasteiger partial charge on any atom is 0.252 e. The number of rotatable bonds is 4. The molecule has 3 aromatic rings. The molecule has 1 heterocycles. The summed E-state index contributed by atoms with van der Waals surface area (Å²) in [5.74, 6) is -0.999. The number of aryl methyl sites for hydroxylation is 1. The maximum atomic E-state index is 14.5. The molecule has 0 aliphatic heterocycles. The highest BCUT2D eigenvalue weighted by Gasteiger charge is 2.23. The fourth-order valence-electron chi connectivity index (χ4n) is 2.60. The summed E-state index contributed by atoms with van der Waals surface area (Å²) in [5, 5.41) is 4.08. The van der Waals surface area contributed by atoms with Gasteiger partial charge in [0, 0.05) is 21.8 Å². The lowest BCUT2D eigenvalue weighted by Crippen LogP contribution is -2.30. The summed E-state index contributed by atoms with van der Waals surface area (Å²) in [6.45, 7) is 1.80. The molecular formula is C20H14Cl3FN2O. The van der Waals surface area contributed by atoms with E-state index in [2.05, 4.69) is 10.3 Å². The summed E-state index contributed by atoms with van der Waals surface area (Å²) < 4.78 is 14.5. The number of amides is 1. The molecule has 1 amide bonds. The lowest BCUT2D eigenvalue weighted by molar-refractivity contribution is 0.0941. The van der Waals surface area contributed by atoms with Crippen molar-refractivity contribution in [2.24, 2.45) is 0 Å². The number of nitrogens with zero attached hydrogens (tertiary/aromatic N) is 1. The van der Waals surface area contributed by atoms with E-state index < -0.39 is 11.9 Å². The lowest BCUT2D eigenvalue weighted by atomic mass is 10.0. The first-order chi connectivity index (χ1) is 12.8. The first-order valence-electron chi connectivity index (χ1n) is 7.98. The Morgan fingerprint density at radius 2 is 1.74 bits per heavy atom. The van der Waals surface area contributed by atoms with Gasteiger partial charge in [-0.3, -0.25) is 9.78 Å². The first kappa shape index (κ1) is 19.6. The van der Waals surface area contributed by atoms with E-state index in [1.54, 1.807) is 49.4 Å². The Labute approximate surface area is 171 Å². The van der Waals surface area contributed by atoms with Gasteiger partial charge in [-0.15, -0.1) is 0 Å². The number of nitrogens with one attached hydrogen (secondary N) is 1. The zero-order valence-electron chi connectivity index (χ0n) is 14.1. The van der Waals surface area contributed by atoms with Gasteiger partial charge in [0.1, 0.15) is 11.5 Å². The van der Waals surface area contributed by atoms with Crippen LogP contribution in [-0.4, -0.2) is 10.9 Å². The first-order valence-corrected chi connectivity index (χ1v) is 9.12. The molecule has 0 aliphatic carbocycles. The molecule has 0 bridgehead atoms. The second-order valence-electron chi connectivity index (χ2n) is 5.94. The van der Waals surface area contributed by atoms with Crippen molar-refractivity contribution in [2.45, 2.75) is 13.0 Å². The van der Waals surface area contributed by atoms with E-state index in [1.165, 1.54) is 6.20 Å². The molecule has 0 aliphatic rings. The molecule has 1 unspecified atom stereocenters. The second-order valence-corrected chi connectivity index (χ2v) is 7.22. The van der Waals surface area contributed by atoms with Gasteiger partial charge in [-0.2, -0.15) is 0 Å². The van der Waals surface area contributed by atoms with Crippen LogP contribution in [0, 0.1) is 12.7 Å². The number of aromatic nitrogens is 1. The van der Waals surface area contributed by atoms with E-state index in [-0.39, 0.29) is 16.6 Å². The quantitative estimate of drug-likeness (QED) is 0.558. The van der Waals surface area contributed by atoms with E-state index in [9.17, 15) is 9.18 Å². The van der Waals surface area contributed by atoms with Crippen molar-refractivity contribution in [1.82, 2.24) is 10.3 Å². The molecule has 27 heavy (non-hydrogen) atoms. The average Bonchev–Trinajstić information content (AvgIpc) is 2.63. The minimum absolute atomic E-state index is 0.0563. The molecule has 0 saturated heterocycles. The minimum Gasteiger partial charge on any atom is -0.339 e. The van der Waals surface area contributed by atoms with Gasteiger partial charge in [-0.1, -0.05) is 46.9 Å². The van der Waals surface area contributed by atoms with E-state index >= 15 is 0 Å². The van der Waals surface area contributed by atoms with E-state index in [0.29, 0.717) is 21.2 Å². The lowest BCUT2D eigenvalue weighted by Gasteiger charge is -2.20. The zero-order valence-corrected chi connectivity index (χ0v) is 16.4. The second kappa shape index (κ2) is 8.26. The molecule has 0 spiro atoms. The molecule has 3 rings (SSSR count). The highest BCUT2D eigenvalue weighted by atomic mass is 35.5. The standard InChI is InChI=1S/C20H14Cl3FN2O/c1-11-8-13(4-7-16(11)23)20(27)26-18(12-2-5-14(21)6-3-12)19-17(24)9-15(22)10-25-19/h2-10,18H,1H3,(H,26,27). The number of carbonyl (C=O) groups excluding carboxylic acids is 1. The maximum absolute atomic E-state index is 14.5. The van der Waals surface area contributed by atoms with Crippen LogP contribution >= 0.6 is 34.8 Å². The van der Waals surface area contributed by atoms with Crippen LogP contribution in [0.3, 0.4) is 0 Å². The van der Waals surface area contributed by atoms with Crippen LogP contribution in [0.1, 0.15) is 33.2 Å². The van der Waals surface area contributed by atoms with Gasteiger partial charge in [-0.05, 0) is 54.4 Å². The Morgan fingerprint density at radius 1 is 1.04 bits per heavy atom. The van der Waals surface area contributed by atoms with Crippen LogP contribution in [0.4, 0.5) is 4.39 Å². The van der Waals surface area contributed by atoms with Crippen LogP contribution in [0.5, 0.6) is 0 Å². The number of benzene rings is 2. The van der Waals surface area contributed by atoms with Crippen molar-refractivity contribution in [1.29, 1.82) is 0 Å².